The number of benzene rings is 1. The number of nitrogens with zero attached hydrogens (tertiary/aromatic N) is 3. The number of nitrogens with two attached hydrogens (primary N) is 1. The van der Waals surface area contributed by atoms with E-state index in [4.69, 9.17) is 28.9 Å². The maximum Gasteiger partial charge on any atom is 0.201 e. The van der Waals surface area contributed by atoms with Gasteiger partial charge in [-0.3, -0.25) is 4.98 Å². The van der Waals surface area contributed by atoms with E-state index in [0.717, 1.165) is 23.1 Å². The fraction of sp³-hybridized carbons (Fsp3) is 0.200. The van der Waals surface area contributed by atoms with Gasteiger partial charge in [0.25, 0.3) is 0 Å². The number of pyridine rings is 1. The molecule has 0 radical (unpaired) electrons. The normalized spacial score (nSPS) is 11.2. The Hall–Kier alpha value is -1.78. The maximum absolute atomic E-state index is 6.10. The van der Waals surface area contributed by atoms with Gasteiger partial charge in [-0.25, -0.2) is 4.98 Å². The number of aryl methyl sites for hydroxylation is 1. The third-order valence-electron chi connectivity index (χ3n) is 3.49. The fourth-order valence-electron chi connectivity index (χ4n) is 2.39. The van der Waals surface area contributed by atoms with Crippen LogP contribution in [0.1, 0.15) is 18.2 Å². The second-order valence-electron chi connectivity index (χ2n) is 4.77. The van der Waals surface area contributed by atoms with Crippen LogP contribution in [0.3, 0.4) is 0 Å². The number of rotatable bonds is 3. The predicted octanol–water partition coefficient (Wildman–Crippen LogP) is 3.93. The van der Waals surface area contributed by atoms with E-state index in [0.29, 0.717) is 22.5 Å². The Morgan fingerprint density at radius 1 is 1.24 bits per heavy atom. The van der Waals surface area contributed by atoms with Crippen molar-refractivity contribution in [3.8, 4) is 0 Å². The maximum atomic E-state index is 6.10. The van der Waals surface area contributed by atoms with E-state index < -0.39 is 0 Å². The first-order valence-electron chi connectivity index (χ1n) is 6.63. The molecule has 2 heterocycles. The Morgan fingerprint density at radius 3 is 2.76 bits per heavy atom. The Bertz CT molecular complexity index is 811. The van der Waals surface area contributed by atoms with Crippen LogP contribution in [0.4, 0.5) is 5.95 Å². The number of hydrogen-bond acceptors (Lipinski definition) is 3. The second kappa shape index (κ2) is 5.54. The van der Waals surface area contributed by atoms with Gasteiger partial charge >= 0.3 is 0 Å². The van der Waals surface area contributed by atoms with Crippen LogP contribution in [0.15, 0.2) is 30.5 Å². The Balaban J connectivity index is 2.12. The van der Waals surface area contributed by atoms with E-state index in [1.54, 1.807) is 18.3 Å². The predicted molar refractivity (Wildman–Crippen MR) is 86.9 cm³/mol. The number of halogens is 2. The molecule has 0 bridgehead atoms. The van der Waals surface area contributed by atoms with Crippen LogP contribution in [0.5, 0.6) is 0 Å². The monoisotopic (exact) mass is 320 g/mol. The van der Waals surface area contributed by atoms with Crippen LogP contribution < -0.4 is 5.73 Å². The number of imidazole rings is 1. The summed E-state index contributed by atoms with van der Waals surface area (Å²) in [5.74, 6) is 0.427. The molecule has 6 heteroatoms. The summed E-state index contributed by atoms with van der Waals surface area (Å²) >= 11 is 12.1. The zero-order chi connectivity index (χ0) is 15.0. The lowest BCUT2D eigenvalue weighted by molar-refractivity contribution is 0.793. The molecule has 3 aromatic rings. The number of aromatic nitrogens is 3. The van der Waals surface area contributed by atoms with Gasteiger partial charge in [-0.15, -0.1) is 0 Å². The van der Waals surface area contributed by atoms with Crippen molar-refractivity contribution in [2.24, 2.45) is 0 Å². The molecule has 1 aromatic carbocycles. The summed E-state index contributed by atoms with van der Waals surface area (Å²) in [7, 11) is 0. The molecule has 0 aliphatic heterocycles. The summed E-state index contributed by atoms with van der Waals surface area (Å²) in [5, 5.41) is 0.961. The van der Waals surface area contributed by atoms with Crippen molar-refractivity contribution < 1.29 is 0 Å². The average molecular weight is 321 g/mol. The number of fused-ring (bicyclic) bond motifs is 1. The van der Waals surface area contributed by atoms with E-state index in [2.05, 4.69) is 23.0 Å². The van der Waals surface area contributed by atoms with Crippen LogP contribution in [0.25, 0.3) is 11.0 Å². The highest BCUT2D eigenvalue weighted by Crippen LogP contribution is 2.29. The van der Waals surface area contributed by atoms with Gasteiger partial charge in [-0.1, -0.05) is 36.2 Å². The molecule has 4 nitrogen and oxygen atoms in total. The number of nitrogen functional groups attached to an aromatic ring is 1. The summed E-state index contributed by atoms with van der Waals surface area (Å²) in [5.41, 5.74) is 9.80. The SMILES string of the molecule is CCc1cccnc1Cn1c(N)nc2cc(Cl)c(Cl)cc21. The van der Waals surface area contributed by atoms with Crippen LogP contribution >= 0.6 is 23.2 Å². The molecule has 2 N–H and O–H groups in total. The first kappa shape index (κ1) is 14.2. The van der Waals surface area contributed by atoms with Crippen molar-refractivity contribution in [2.75, 3.05) is 5.73 Å². The lowest BCUT2D eigenvalue weighted by Gasteiger charge is -2.10. The summed E-state index contributed by atoms with van der Waals surface area (Å²) in [6.07, 6.45) is 2.70. The lowest BCUT2D eigenvalue weighted by Crippen LogP contribution is -2.08. The van der Waals surface area contributed by atoms with Gasteiger partial charge in [0, 0.05) is 6.20 Å². The molecule has 0 aliphatic carbocycles. The highest BCUT2D eigenvalue weighted by molar-refractivity contribution is 6.42. The van der Waals surface area contributed by atoms with E-state index in [1.165, 1.54) is 5.56 Å². The quantitative estimate of drug-likeness (QED) is 0.795. The van der Waals surface area contributed by atoms with Crippen molar-refractivity contribution >= 4 is 40.2 Å². The summed E-state index contributed by atoms with van der Waals surface area (Å²) < 4.78 is 1.90. The summed E-state index contributed by atoms with van der Waals surface area (Å²) in [6.45, 7) is 2.66. The molecule has 0 amide bonds. The molecule has 0 unspecified atom stereocenters. The van der Waals surface area contributed by atoms with Crippen LogP contribution in [-0.2, 0) is 13.0 Å². The zero-order valence-electron chi connectivity index (χ0n) is 11.5. The lowest BCUT2D eigenvalue weighted by atomic mass is 10.1. The van der Waals surface area contributed by atoms with Crippen molar-refractivity contribution in [1.29, 1.82) is 0 Å². The standard InChI is InChI=1S/C15H14Cl2N4/c1-2-9-4-3-5-19-13(9)8-21-14-7-11(17)10(16)6-12(14)20-15(21)18/h3-7H,2,8H2,1H3,(H2,18,20). The first-order valence-corrected chi connectivity index (χ1v) is 7.39. The van der Waals surface area contributed by atoms with E-state index in [9.17, 15) is 0 Å². The molecule has 3 rings (SSSR count). The van der Waals surface area contributed by atoms with E-state index in [-0.39, 0.29) is 0 Å². The number of hydrogen-bond donors (Lipinski definition) is 1. The fourth-order valence-corrected chi connectivity index (χ4v) is 2.71. The van der Waals surface area contributed by atoms with Crippen LogP contribution in [0.2, 0.25) is 10.0 Å². The highest BCUT2D eigenvalue weighted by Gasteiger charge is 2.13. The minimum Gasteiger partial charge on any atom is -0.369 e. The Morgan fingerprint density at radius 2 is 2.00 bits per heavy atom. The molecule has 21 heavy (non-hydrogen) atoms. The van der Waals surface area contributed by atoms with Gasteiger partial charge in [-0.2, -0.15) is 0 Å². The molecule has 0 spiro atoms. The molecular weight excluding hydrogens is 307 g/mol. The average Bonchev–Trinajstić information content (AvgIpc) is 2.76. The topological polar surface area (TPSA) is 56.7 Å². The molecule has 0 saturated carbocycles. The molecular formula is C15H14Cl2N4. The van der Waals surface area contributed by atoms with Crippen molar-refractivity contribution in [1.82, 2.24) is 14.5 Å². The molecule has 0 fully saturated rings. The van der Waals surface area contributed by atoms with Gasteiger partial charge in [0.2, 0.25) is 5.95 Å². The third-order valence-corrected chi connectivity index (χ3v) is 4.22. The highest BCUT2D eigenvalue weighted by atomic mass is 35.5. The largest absolute Gasteiger partial charge is 0.369 e. The van der Waals surface area contributed by atoms with E-state index >= 15 is 0 Å². The van der Waals surface area contributed by atoms with E-state index in [1.807, 2.05) is 10.6 Å². The molecule has 0 aliphatic rings. The minimum atomic E-state index is 0.427. The molecule has 108 valence electrons. The van der Waals surface area contributed by atoms with Crippen molar-refractivity contribution in [3.63, 3.8) is 0 Å². The molecule has 0 saturated heterocycles. The molecule has 0 atom stereocenters. The van der Waals surface area contributed by atoms with Crippen molar-refractivity contribution in [3.05, 3.63) is 51.8 Å². The summed E-state index contributed by atoms with van der Waals surface area (Å²) in [6, 6.07) is 7.53. The number of anilines is 1. The smallest absolute Gasteiger partial charge is 0.201 e. The van der Waals surface area contributed by atoms with Crippen LogP contribution in [0, 0.1) is 0 Å². The van der Waals surface area contributed by atoms with Gasteiger partial charge in [0.1, 0.15) is 0 Å². The van der Waals surface area contributed by atoms with Gasteiger partial charge < -0.3 is 10.3 Å². The first-order chi connectivity index (χ1) is 10.1. The van der Waals surface area contributed by atoms with Gasteiger partial charge in [0.05, 0.1) is 33.3 Å². The van der Waals surface area contributed by atoms with Gasteiger partial charge in [0.15, 0.2) is 0 Å². The Labute approximate surface area is 132 Å². The van der Waals surface area contributed by atoms with Crippen molar-refractivity contribution in [2.45, 2.75) is 19.9 Å². The third kappa shape index (κ3) is 2.57. The summed E-state index contributed by atoms with van der Waals surface area (Å²) in [4.78, 5) is 8.79. The molecule has 2 aromatic heterocycles. The second-order valence-corrected chi connectivity index (χ2v) is 5.59. The van der Waals surface area contributed by atoms with Gasteiger partial charge in [-0.05, 0) is 30.2 Å². The minimum absolute atomic E-state index is 0.427. The zero-order valence-corrected chi connectivity index (χ0v) is 13.0. The Kier molecular flexibility index (Phi) is 3.74. The van der Waals surface area contributed by atoms with Crippen LogP contribution in [-0.4, -0.2) is 14.5 Å².